The Labute approximate surface area is 117 Å². The number of nitrogens with zero attached hydrogens (tertiary/aromatic N) is 1. The van der Waals surface area contributed by atoms with E-state index in [-0.39, 0.29) is 18.2 Å². The summed E-state index contributed by atoms with van der Waals surface area (Å²) in [6.45, 7) is 0.0385. The van der Waals surface area contributed by atoms with Gasteiger partial charge in [-0.15, -0.1) is 0 Å². The number of oxime groups is 1. The minimum absolute atomic E-state index is 0.0385. The third-order valence-corrected chi connectivity index (χ3v) is 2.87. The molecule has 0 aliphatic carbocycles. The van der Waals surface area contributed by atoms with E-state index in [1.165, 1.54) is 24.4 Å². The molecule has 19 heavy (non-hydrogen) atoms. The quantitative estimate of drug-likeness (QED) is 0.607. The summed E-state index contributed by atoms with van der Waals surface area (Å²) in [5.41, 5.74) is 1.12. The molecule has 2 aromatic carbocycles. The Hall–Kier alpha value is -1.75. The second kappa shape index (κ2) is 6.43. The smallest absolute Gasteiger partial charge is 0.145 e. The second-order valence-electron chi connectivity index (χ2n) is 3.80. The van der Waals surface area contributed by atoms with Gasteiger partial charge in [-0.1, -0.05) is 39.3 Å². The van der Waals surface area contributed by atoms with Crippen LogP contribution in [-0.4, -0.2) is 6.21 Å². The zero-order valence-corrected chi connectivity index (χ0v) is 11.4. The molecular weight excluding hydrogens is 316 g/mol. The lowest BCUT2D eigenvalue weighted by Crippen LogP contribution is -1.92. The summed E-state index contributed by atoms with van der Waals surface area (Å²) in [4.78, 5) is 4.99. The summed E-state index contributed by atoms with van der Waals surface area (Å²) < 4.78 is 26.8. The van der Waals surface area contributed by atoms with Crippen molar-refractivity contribution in [3.05, 3.63) is 69.7 Å². The Morgan fingerprint density at radius 2 is 1.84 bits per heavy atom. The molecule has 0 aliphatic rings. The summed E-state index contributed by atoms with van der Waals surface area (Å²) >= 11 is 3.17. The van der Waals surface area contributed by atoms with Crippen LogP contribution in [0.5, 0.6) is 0 Å². The van der Waals surface area contributed by atoms with Gasteiger partial charge >= 0.3 is 0 Å². The van der Waals surface area contributed by atoms with Crippen LogP contribution in [0.1, 0.15) is 11.1 Å². The molecule has 0 atom stereocenters. The second-order valence-corrected chi connectivity index (χ2v) is 4.71. The van der Waals surface area contributed by atoms with Gasteiger partial charge in [0.2, 0.25) is 0 Å². The molecule has 0 saturated carbocycles. The van der Waals surface area contributed by atoms with Crippen LogP contribution in [0.25, 0.3) is 0 Å². The minimum atomic E-state index is -0.355. The molecule has 0 saturated heterocycles. The third-order valence-electron chi connectivity index (χ3n) is 2.38. The van der Waals surface area contributed by atoms with Crippen molar-refractivity contribution in [2.24, 2.45) is 5.16 Å². The molecule has 2 nitrogen and oxygen atoms in total. The number of hydrogen-bond acceptors (Lipinski definition) is 2. The standard InChI is InChI=1S/C14H10BrF2NO/c15-12-4-3-11(14(17)7-12)9-19-18-8-10-1-5-13(16)6-2-10/h1-8H,9H2. The SMILES string of the molecule is Fc1ccc(C=NOCc2ccc(Br)cc2F)cc1. The fourth-order valence-electron chi connectivity index (χ4n) is 1.39. The average molecular weight is 326 g/mol. The van der Waals surface area contributed by atoms with E-state index in [1.807, 2.05) is 0 Å². The molecule has 0 radical (unpaired) electrons. The summed E-state index contributed by atoms with van der Waals surface area (Å²) in [6.07, 6.45) is 1.44. The Balaban J connectivity index is 1.91. The van der Waals surface area contributed by atoms with E-state index in [4.69, 9.17) is 4.84 Å². The summed E-state index contributed by atoms with van der Waals surface area (Å²) in [5.74, 6) is -0.665. The number of rotatable bonds is 4. The van der Waals surface area contributed by atoms with E-state index in [0.717, 1.165) is 0 Å². The molecule has 0 N–H and O–H groups in total. The Morgan fingerprint density at radius 3 is 2.53 bits per heavy atom. The van der Waals surface area contributed by atoms with E-state index in [1.54, 1.807) is 24.3 Å². The van der Waals surface area contributed by atoms with Gasteiger partial charge in [-0.05, 0) is 29.8 Å². The van der Waals surface area contributed by atoms with Gasteiger partial charge in [0, 0.05) is 10.0 Å². The van der Waals surface area contributed by atoms with E-state index in [9.17, 15) is 8.78 Å². The van der Waals surface area contributed by atoms with Crippen molar-refractivity contribution in [2.45, 2.75) is 6.61 Å². The molecule has 0 aliphatic heterocycles. The molecule has 0 aromatic heterocycles. The van der Waals surface area contributed by atoms with Crippen LogP contribution in [-0.2, 0) is 11.4 Å². The van der Waals surface area contributed by atoms with Crippen molar-refractivity contribution < 1.29 is 13.6 Å². The van der Waals surface area contributed by atoms with Gasteiger partial charge in [-0.2, -0.15) is 0 Å². The molecule has 0 heterocycles. The van der Waals surface area contributed by atoms with Gasteiger partial charge in [0.15, 0.2) is 0 Å². The van der Waals surface area contributed by atoms with Gasteiger partial charge < -0.3 is 4.84 Å². The third kappa shape index (κ3) is 4.13. The average Bonchev–Trinajstić information content (AvgIpc) is 2.39. The maximum absolute atomic E-state index is 13.4. The van der Waals surface area contributed by atoms with Crippen molar-refractivity contribution in [2.75, 3.05) is 0 Å². The van der Waals surface area contributed by atoms with Crippen molar-refractivity contribution >= 4 is 22.1 Å². The predicted octanol–water partition coefficient (Wildman–Crippen LogP) is 4.28. The van der Waals surface area contributed by atoms with E-state index in [0.29, 0.717) is 15.6 Å². The van der Waals surface area contributed by atoms with Crippen LogP contribution in [0.15, 0.2) is 52.1 Å². The van der Waals surface area contributed by atoms with Crippen molar-refractivity contribution in [3.8, 4) is 0 Å². The lowest BCUT2D eigenvalue weighted by Gasteiger charge is -2.02. The molecule has 0 unspecified atom stereocenters. The summed E-state index contributed by atoms with van der Waals surface area (Å²) in [5, 5.41) is 3.70. The van der Waals surface area contributed by atoms with E-state index in [2.05, 4.69) is 21.1 Å². The maximum Gasteiger partial charge on any atom is 0.145 e. The molecule has 0 spiro atoms. The molecule has 2 aromatic rings. The van der Waals surface area contributed by atoms with Gasteiger partial charge in [-0.25, -0.2) is 8.78 Å². The first-order valence-corrected chi connectivity index (χ1v) is 6.29. The summed E-state index contributed by atoms with van der Waals surface area (Å²) in [6, 6.07) is 10.5. The first-order chi connectivity index (χ1) is 9.15. The zero-order valence-electron chi connectivity index (χ0n) is 9.82. The Kier molecular flexibility index (Phi) is 4.63. The van der Waals surface area contributed by atoms with Crippen molar-refractivity contribution in [3.63, 3.8) is 0 Å². The molecule has 0 amide bonds. The number of hydrogen-bond donors (Lipinski definition) is 0. The number of benzene rings is 2. The lowest BCUT2D eigenvalue weighted by molar-refractivity contribution is 0.129. The highest BCUT2D eigenvalue weighted by Crippen LogP contribution is 2.15. The molecule has 0 bridgehead atoms. The van der Waals surface area contributed by atoms with E-state index < -0.39 is 0 Å². The van der Waals surface area contributed by atoms with Gasteiger partial charge in [0.1, 0.15) is 18.2 Å². The number of halogens is 3. The fourth-order valence-corrected chi connectivity index (χ4v) is 1.73. The highest BCUT2D eigenvalue weighted by Gasteiger charge is 2.02. The lowest BCUT2D eigenvalue weighted by atomic mass is 10.2. The van der Waals surface area contributed by atoms with Crippen molar-refractivity contribution in [1.29, 1.82) is 0 Å². The van der Waals surface area contributed by atoms with E-state index >= 15 is 0 Å². The largest absolute Gasteiger partial charge is 0.391 e. The van der Waals surface area contributed by atoms with Gasteiger partial charge in [0.05, 0.1) is 6.21 Å². The van der Waals surface area contributed by atoms with Crippen LogP contribution in [0.2, 0.25) is 0 Å². The predicted molar refractivity (Wildman–Crippen MR) is 72.9 cm³/mol. The Bertz CT molecular complexity index is 584. The molecular formula is C14H10BrF2NO. The molecule has 2 rings (SSSR count). The highest BCUT2D eigenvalue weighted by atomic mass is 79.9. The first kappa shape index (κ1) is 13.7. The van der Waals surface area contributed by atoms with Crippen LogP contribution < -0.4 is 0 Å². The van der Waals surface area contributed by atoms with Gasteiger partial charge in [0.25, 0.3) is 0 Å². The monoisotopic (exact) mass is 325 g/mol. The molecule has 98 valence electrons. The first-order valence-electron chi connectivity index (χ1n) is 5.50. The highest BCUT2D eigenvalue weighted by molar-refractivity contribution is 9.10. The normalized spacial score (nSPS) is 10.9. The van der Waals surface area contributed by atoms with Gasteiger partial charge in [-0.3, -0.25) is 0 Å². The molecule has 5 heteroatoms. The summed E-state index contributed by atoms with van der Waals surface area (Å²) in [7, 11) is 0. The van der Waals surface area contributed by atoms with Crippen LogP contribution in [0.4, 0.5) is 8.78 Å². The zero-order chi connectivity index (χ0) is 13.7. The van der Waals surface area contributed by atoms with Crippen LogP contribution in [0.3, 0.4) is 0 Å². The van der Waals surface area contributed by atoms with Crippen LogP contribution >= 0.6 is 15.9 Å². The fraction of sp³-hybridized carbons (Fsp3) is 0.0714. The van der Waals surface area contributed by atoms with Crippen LogP contribution in [0, 0.1) is 11.6 Å². The topological polar surface area (TPSA) is 21.6 Å². The molecule has 0 fully saturated rings. The van der Waals surface area contributed by atoms with Crippen molar-refractivity contribution in [1.82, 2.24) is 0 Å². The maximum atomic E-state index is 13.4. The Morgan fingerprint density at radius 1 is 1.11 bits per heavy atom. The minimum Gasteiger partial charge on any atom is -0.391 e.